The van der Waals surface area contributed by atoms with Crippen LogP contribution in [0.4, 0.5) is 5.69 Å². The van der Waals surface area contributed by atoms with Crippen LogP contribution in [0.5, 0.6) is 0 Å². The lowest BCUT2D eigenvalue weighted by Crippen LogP contribution is -2.17. The summed E-state index contributed by atoms with van der Waals surface area (Å²) in [6.45, 7) is 1.42. The monoisotopic (exact) mass is 412 g/mol. The minimum Gasteiger partial charge on any atom is -0.298 e. The van der Waals surface area contributed by atoms with Crippen molar-refractivity contribution in [1.82, 2.24) is 4.90 Å². The summed E-state index contributed by atoms with van der Waals surface area (Å²) in [5.41, 5.74) is 2.20. The van der Waals surface area contributed by atoms with Crippen LogP contribution in [0.3, 0.4) is 0 Å². The van der Waals surface area contributed by atoms with Gasteiger partial charge in [0.15, 0.2) is 0 Å². The third-order valence-electron chi connectivity index (χ3n) is 3.06. The fourth-order valence-electron chi connectivity index (χ4n) is 2.08. The topological polar surface area (TPSA) is 46.4 Å². The lowest BCUT2D eigenvalue weighted by Gasteiger charge is -2.17. The molecule has 0 radical (unpaired) electrons. The second-order valence-corrected chi connectivity index (χ2v) is 6.52. The predicted molar refractivity (Wildman–Crippen MR) is 90.1 cm³/mol. The molecule has 110 valence electrons. The fourth-order valence-corrected chi connectivity index (χ4v) is 2.88. The van der Waals surface area contributed by atoms with Crippen LogP contribution in [0, 0.1) is 10.1 Å². The third kappa shape index (κ3) is 4.36. The molecule has 0 saturated heterocycles. The van der Waals surface area contributed by atoms with Crippen LogP contribution in [0.2, 0.25) is 0 Å². The van der Waals surface area contributed by atoms with Gasteiger partial charge in [-0.3, -0.25) is 15.0 Å². The number of nitro groups is 1. The Bertz CT molecular complexity index is 662. The Kier molecular flexibility index (Phi) is 5.50. The molecule has 0 aliphatic rings. The van der Waals surface area contributed by atoms with Crippen molar-refractivity contribution in [2.24, 2.45) is 0 Å². The van der Waals surface area contributed by atoms with Gasteiger partial charge >= 0.3 is 0 Å². The number of nitro benzene ring substituents is 1. The summed E-state index contributed by atoms with van der Waals surface area (Å²) < 4.78 is 1.57. The molecule has 0 aromatic heterocycles. The van der Waals surface area contributed by atoms with Crippen molar-refractivity contribution in [2.45, 2.75) is 13.1 Å². The summed E-state index contributed by atoms with van der Waals surface area (Å²) in [5, 5.41) is 11.0. The summed E-state index contributed by atoms with van der Waals surface area (Å²) >= 11 is 6.73. The molecule has 4 nitrogen and oxygen atoms in total. The van der Waals surface area contributed by atoms with E-state index < -0.39 is 0 Å². The second kappa shape index (κ2) is 7.15. The highest BCUT2D eigenvalue weighted by Gasteiger charge is 2.13. The van der Waals surface area contributed by atoms with E-state index in [1.807, 2.05) is 31.3 Å². The Hall–Kier alpha value is -1.24. The molecule has 0 spiro atoms. The zero-order valence-corrected chi connectivity index (χ0v) is 14.6. The smallest absolute Gasteiger partial charge is 0.283 e. The quantitative estimate of drug-likeness (QED) is 0.524. The van der Waals surface area contributed by atoms with Crippen molar-refractivity contribution in [3.05, 3.63) is 72.7 Å². The van der Waals surface area contributed by atoms with Crippen LogP contribution in [-0.4, -0.2) is 16.9 Å². The van der Waals surface area contributed by atoms with E-state index in [-0.39, 0.29) is 10.6 Å². The van der Waals surface area contributed by atoms with E-state index in [9.17, 15) is 10.1 Å². The number of halogens is 2. The highest BCUT2D eigenvalue weighted by Crippen LogP contribution is 2.26. The fraction of sp³-hybridized carbons (Fsp3) is 0.200. The summed E-state index contributed by atoms with van der Waals surface area (Å²) in [4.78, 5) is 12.7. The van der Waals surface area contributed by atoms with E-state index in [1.165, 1.54) is 5.56 Å². The lowest BCUT2D eigenvalue weighted by atomic mass is 10.1. The highest BCUT2D eigenvalue weighted by molar-refractivity contribution is 9.10. The molecule has 0 N–H and O–H groups in total. The first-order valence-corrected chi connectivity index (χ1v) is 7.90. The van der Waals surface area contributed by atoms with Gasteiger partial charge in [-0.2, -0.15) is 0 Å². The van der Waals surface area contributed by atoms with Crippen LogP contribution in [0.25, 0.3) is 0 Å². The van der Waals surface area contributed by atoms with Crippen molar-refractivity contribution in [1.29, 1.82) is 0 Å². The average Bonchev–Trinajstić information content (AvgIpc) is 2.43. The van der Waals surface area contributed by atoms with Crippen molar-refractivity contribution >= 4 is 37.5 Å². The minimum atomic E-state index is -0.374. The highest BCUT2D eigenvalue weighted by atomic mass is 79.9. The number of benzene rings is 2. The van der Waals surface area contributed by atoms with Gasteiger partial charge in [0.2, 0.25) is 0 Å². The van der Waals surface area contributed by atoms with Gasteiger partial charge in [-0.1, -0.05) is 40.2 Å². The van der Waals surface area contributed by atoms with Gasteiger partial charge in [0, 0.05) is 23.6 Å². The molecule has 0 aliphatic carbocycles. The molecule has 21 heavy (non-hydrogen) atoms. The Morgan fingerprint density at radius 3 is 2.48 bits per heavy atom. The zero-order valence-electron chi connectivity index (χ0n) is 11.4. The van der Waals surface area contributed by atoms with Gasteiger partial charge in [-0.05, 0) is 46.2 Å². The summed E-state index contributed by atoms with van der Waals surface area (Å²) in [6, 6.07) is 13.3. The summed E-state index contributed by atoms with van der Waals surface area (Å²) in [7, 11) is 1.99. The maximum absolute atomic E-state index is 11.0. The number of nitrogens with zero attached hydrogens (tertiary/aromatic N) is 2. The SMILES string of the molecule is CN(Cc1ccc(Br)c([N+](=O)[O-])c1)Cc1ccccc1Br. The number of hydrogen-bond acceptors (Lipinski definition) is 3. The third-order valence-corrected chi connectivity index (χ3v) is 4.50. The first-order valence-electron chi connectivity index (χ1n) is 6.32. The Morgan fingerprint density at radius 2 is 1.81 bits per heavy atom. The molecule has 0 bridgehead atoms. The molecule has 2 aromatic carbocycles. The number of rotatable bonds is 5. The molecule has 0 fully saturated rings. The van der Waals surface area contributed by atoms with Crippen molar-refractivity contribution < 1.29 is 4.92 Å². The number of hydrogen-bond donors (Lipinski definition) is 0. The molecular weight excluding hydrogens is 400 g/mol. The standard InChI is InChI=1S/C15H14Br2N2O2/c1-18(10-12-4-2-3-5-13(12)16)9-11-6-7-14(17)15(8-11)19(20)21/h2-8H,9-10H2,1H3. The van der Waals surface area contributed by atoms with E-state index in [4.69, 9.17) is 0 Å². The summed E-state index contributed by atoms with van der Waals surface area (Å²) in [5.74, 6) is 0. The molecule has 2 aromatic rings. The maximum Gasteiger partial charge on any atom is 0.283 e. The van der Waals surface area contributed by atoms with Crippen LogP contribution >= 0.6 is 31.9 Å². The van der Waals surface area contributed by atoms with E-state index in [2.05, 4.69) is 42.8 Å². The van der Waals surface area contributed by atoms with Crippen LogP contribution < -0.4 is 0 Å². The first kappa shape index (κ1) is 16.1. The van der Waals surface area contributed by atoms with Gasteiger partial charge in [0.25, 0.3) is 5.69 Å². The first-order chi connectivity index (χ1) is 9.97. The van der Waals surface area contributed by atoms with E-state index in [1.54, 1.807) is 12.1 Å². The average molecular weight is 414 g/mol. The Morgan fingerprint density at radius 1 is 1.10 bits per heavy atom. The second-order valence-electron chi connectivity index (χ2n) is 4.81. The molecule has 0 atom stereocenters. The Labute approximate surface area is 140 Å². The Balaban J connectivity index is 2.09. The van der Waals surface area contributed by atoms with Crippen molar-refractivity contribution in [3.63, 3.8) is 0 Å². The van der Waals surface area contributed by atoms with E-state index in [0.29, 0.717) is 11.0 Å². The molecule has 0 aliphatic heterocycles. The van der Waals surface area contributed by atoms with E-state index in [0.717, 1.165) is 16.6 Å². The van der Waals surface area contributed by atoms with Crippen molar-refractivity contribution in [2.75, 3.05) is 7.05 Å². The van der Waals surface area contributed by atoms with E-state index >= 15 is 0 Å². The van der Waals surface area contributed by atoms with Crippen LogP contribution in [-0.2, 0) is 13.1 Å². The zero-order chi connectivity index (χ0) is 15.4. The molecule has 0 amide bonds. The van der Waals surface area contributed by atoms with Gasteiger partial charge in [0.1, 0.15) is 0 Å². The molecule has 0 unspecified atom stereocenters. The molecular formula is C15H14Br2N2O2. The molecule has 2 rings (SSSR count). The largest absolute Gasteiger partial charge is 0.298 e. The van der Waals surface area contributed by atoms with Crippen LogP contribution in [0.1, 0.15) is 11.1 Å². The van der Waals surface area contributed by atoms with Gasteiger partial charge in [-0.25, -0.2) is 0 Å². The molecule has 0 saturated carbocycles. The lowest BCUT2D eigenvalue weighted by molar-refractivity contribution is -0.385. The van der Waals surface area contributed by atoms with Gasteiger partial charge < -0.3 is 0 Å². The maximum atomic E-state index is 11.0. The predicted octanol–water partition coefficient (Wildman–Crippen LogP) is 4.75. The normalized spacial score (nSPS) is 10.9. The summed E-state index contributed by atoms with van der Waals surface area (Å²) in [6.07, 6.45) is 0. The minimum absolute atomic E-state index is 0.0989. The van der Waals surface area contributed by atoms with Gasteiger partial charge in [-0.15, -0.1) is 0 Å². The molecule has 6 heteroatoms. The van der Waals surface area contributed by atoms with Crippen LogP contribution in [0.15, 0.2) is 51.4 Å². The van der Waals surface area contributed by atoms with Gasteiger partial charge in [0.05, 0.1) is 9.40 Å². The molecule has 0 heterocycles. The van der Waals surface area contributed by atoms with Crippen molar-refractivity contribution in [3.8, 4) is 0 Å².